The maximum atomic E-state index is 13.1. The molecule has 2 aromatic carbocycles. The lowest BCUT2D eigenvalue weighted by Gasteiger charge is -2.36. The largest absolute Gasteiger partial charge is 0.376 e. The Kier molecular flexibility index (Phi) is 5.80. The van der Waals surface area contributed by atoms with Crippen LogP contribution in [-0.4, -0.2) is 59.2 Å². The van der Waals surface area contributed by atoms with E-state index in [0.717, 1.165) is 32.5 Å². The number of carbonyl (C=O) groups is 1. The molecule has 0 aliphatic carbocycles. The van der Waals surface area contributed by atoms with E-state index < -0.39 is 0 Å². The highest BCUT2D eigenvalue weighted by molar-refractivity contribution is 7.71. The Morgan fingerprint density at radius 3 is 2.59 bits per heavy atom. The fraction of sp³-hybridized carbons (Fsp3) is 0.375. The van der Waals surface area contributed by atoms with Crippen LogP contribution in [0.4, 0.5) is 5.69 Å². The molecule has 1 amide bonds. The van der Waals surface area contributed by atoms with Gasteiger partial charge in [-0.3, -0.25) is 14.2 Å². The number of anilines is 1. The van der Waals surface area contributed by atoms with Crippen LogP contribution in [-0.2, 0) is 11.3 Å². The van der Waals surface area contributed by atoms with Gasteiger partial charge >= 0.3 is 0 Å². The van der Waals surface area contributed by atoms with Crippen molar-refractivity contribution in [1.29, 1.82) is 0 Å². The fourth-order valence-corrected chi connectivity index (χ4v) is 4.80. The summed E-state index contributed by atoms with van der Waals surface area (Å²) in [5.41, 5.74) is 2.19. The van der Waals surface area contributed by atoms with Crippen LogP contribution >= 0.6 is 12.2 Å². The molecule has 1 atom stereocenters. The Labute approximate surface area is 191 Å². The van der Waals surface area contributed by atoms with E-state index in [9.17, 15) is 9.59 Å². The number of piperazine rings is 1. The van der Waals surface area contributed by atoms with Gasteiger partial charge in [-0.25, -0.2) is 0 Å². The topological polar surface area (TPSA) is 70.6 Å². The Bertz CT molecular complexity index is 1240. The number of aromatic amines is 1. The van der Waals surface area contributed by atoms with Crippen LogP contribution in [0, 0.1) is 4.77 Å². The zero-order valence-corrected chi connectivity index (χ0v) is 18.6. The van der Waals surface area contributed by atoms with Crippen molar-refractivity contribution in [3.8, 4) is 0 Å². The maximum absolute atomic E-state index is 13.1. The molecule has 1 N–H and O–H groups in total. The molecule has 1 aromatic heterocycles. The minimum Gasteiger partial charge on any atom is -0.376 e. The lowest BCUT2D eigenvalue weighted by molar-refractivity contribution is 0.0747. The summed E-state index contributed by atoms with van der Waals surface area (Å²) >= 11 is 5.45. The van der Waals surface area contributed by atoms with Gasteiger partial charge < -0.3 is 19.5 Å². The molecule has 2 fully saturated rings. The molecule has 8 heteroatoms. The molecule has 3 heterocycles. The van der Waals surface area contributed by atoms with Crippen LogP contribution in [0.3, 0.4) is 0 Å². The number of aromatic nitrogens is 2. The Morgan fingerprint density at radius 2 is 1.88 bits per heavy atom. The van der Waals surface area contributed by atoms with Crippen LogP contribution < -0.4 is 10.5 Å². The van der Waals surface area contributed by atoms with Crippen LogP contribution in [0.15, 0.2) is 53.3 Å². The summed E-state index contributed by atoms with van der Waals surface area (Å²) in [6.45, 7) is 4.08. The molecule has 5 rings (SSSR count). The predicted molar refractivity (Wildman–Crippen MR) is 127 cm³/mol. The molecule has 166 valence electrons. The standard InChI is InChI=1S/C24H26N4O3S/c29-22(27-12-10-26(11-13-27)18-5-2-1-3-6-18)17-8-9-20-21(15-17)25-24(32)28(23(20)30)16-19-7-4-14-31-19/h1-3,5-6,8-9,15,19H,4,7,10-14,16H2,(H,25,32)/t19-/m0/s1. The third-order valence-corrected chi connectivity index (χ3v) is 6.65. The van der Waals surface area contributed by atoms with Crippen LogP contribution in [0.5, 0.6) is 0 Å². The predicted octanol–water partition coefficient (Wildman–Crippen LogP) is 3.20. The van der Waals surface area contributed by atoms with E-state index in [0.29, 0.717) is 40.9 Å². The first-order chi connectivity index (χ1) is 15.6. The number of amides is 1. The van der Waals surface area contributed by atoms with Crippen LogP contribution in [0.1, 0.15) is 23.2 Å². The van der Waals surface area contributed by atoms with Gasteiger partial charge in [-0.1, -0.05) is 18.2 Å². The van der Waals surface area contributed by atoms with Gasteiger partial charge in [0.1, 0.15) is 0 Å². The number of para-hydroxylation sites is 1. The highest BCUT2D eigenvalue weighted by Gasteiger charge is 2.23. The molecule has 7 nitrogen and oxygen atoms in total. The molecule has 0 radical (unpaired) electrons. The van der Waals surface area contributed by atoms with E-state index in [1.807, 2.05) is 23.1 Å². The SMILES string of the molecule is O=C(c1ccc2c(=O)n(C[C@@H]3CCCO3)c(=S)[nH]c2c1)N1CCN(c2ccccc2)CC1. The van der Waals surface area contributed by atoms with Crippen molar-refractivity contribution in [3.05, 3.63) is 69.2 Å². The second-order valence-corrected chi connectivity index (χ2v) is 8.74. The maximum Gasteiger partial charge on any atom is 0.262 e. The van der Waals surface area contributed by atoms with E-state index in [1.54, 1.807) is 22.8 Å². The van der Waals surface area contributed by atoms with Crippen molar-refractivity contribution in [2.45, 2.75) is 25.5 Å². The molecule has 0 saturated carbocycles. The normalized spacial score (nSPS) is 18.9. The number of nitrogens with zero attached hydrogens (tertiary/aromatic N) is 3. The number of rotatable bonds is 4. The van der Waals surface area contributed by atoms with E-state index in [4.69, 9.17) is 17.0 Å². The van der Waals surface area contributed by atoms with Crippen molar-refractivity contribution in [3.63, 3.8) is 0 Å². The quantitative estimate of drug-likeness (QED) is 0.618. The number of hydrogen-bond acceptors (Lipinski definition) is 5. The zero-order chi connectivity index (χ0) is 22.1. The van der Waals surface area contributed by atoms with Gasteiger partial charge in [-0.05, 0) is 55.4 Å². The summed E-state index contributed by atoms with van der Waals surface area (Å²) < 4.78 is 7.59. The average Bonchev–Trinajstić information content (AvgIpc) is 3.35. The van der Waals surface area contributed by atoms with Gasteiger partial charge in [0.2, 0.25) is 0 Å². The Balaban J connectivity index is 1.34. The van der Waals surface area contributed by atoms with Crippen LogP contribution in [0.2, 0.25) is 0 Å². The number of hydrogen-bond donors (Lipinski definition) is 1. The lowest BCUT2D eigenvalue weighted by Crippen LogP contribution is -2.48. The number of ether oxygens (including phenoxy) is 1. The summed E-state index contributed by atoms with van der Waals surface area (Å²) in [5, 5.41) is 0.530. The van der Waals surface area contributed by atoms with Crippen molar-refractivity contribution in [2.24, 2.45) is 0 Å². The molecule has 0 unspecified atom stereocenters. The third-order valence-electron chi connectivity index (χ3n) is 6.33. The minimum absolute atomic E-state index is 0.0238. The van der Waals surface area contributed by atoms with Crippen molar-refractivity contribution >= 4 is 34.7 Å². The van der Waals surface area contributed by atoms with Crippen LogP contribution in [0.25, 0.3) is 10.9 Å². The first kappa shape index (κ1) is 20.9. The molecule has 0 bridgehead atoms. The van der Waals surface area contributed by atoms with E-state index in [-0.39, 0.29) is 17.6 Å². The second kappa shape index (κ2) is 8.88. The van der Waals surface area contributed by atoms with E-state index in [1.165, 1.54) is 5.69 Å². The molecule has 2 saturated heterocycles. The highest BCUT2D eigenvalue weighted by atomic mass is 32.1. The number of benzene rings is 2. The summed E-state index contributed by atoms with van der Waals surface area (Å²) in [6, 6.07) is 15.5. The molecule has 32 heavy (non-hydrogen) atoms. The van der Waals surface area contributed by atoms with Gasteiger partial charge in [0.15, 0.2) is 4.77 Å². The van der Waals surface area contributed by atoms with Gasteiger partial charge in [-0.15, -0.1) is 0 Å². The van der Waals surface area contributed by atoms with E-state index >= 15 is 0 Å². The van der Waals surface area contributed by atoms with Gasteiger partial charge in [-0.2, -0.15) is 0 Å². The molecule has 0 spiro atoms. The average molecular weight is 451 g/mol. The molecular weight excluding hydrogens is 424 g/mol. The van der Waals surface area contributed by atoms with Gasteiger partial charge in [0.05, 0.1) is 23.6 Å². The second-order valence-electron chi connectivity index (χ2n) is 8.36. The summed E-state index contributed by atoms with van der Waals surface area (Å²) in [7, 11) is 0. The zero-order valence-electron chi connectivity index (χ0n) is 17.8. The summed E-state index contributed by atoms with van der Waals surface area (Å²) in [6.07, 6.45) is 1.97. The number of fused-ring (bicyclic) bond motifs is 1. The minimum atomic E-state index is -0.144. The van der Waals surface area contributed by atoms with Crippen molar-refractivity contribution in [1.82, 2.24) is 14.5 Å². The highest BCUT2D eigenvalue weighted by Crippen LogP contribution is 2.19. The smallest absolute Gasteiger partial charge is 0.262 e. The summed E-state index contributed by atoms with van der Waals surface area (Å²) in [5.74, 6) is -0.0255. The van der Waals surface area contributed by atoms with Crippen molar-refractivity contribution in [2.75, 3.05) is 37.7 Å². The molecule has 3 aromatic rings. The van der Waals surface area contributed by atoms with Gasteiger partial charge in [0.25, 0.3) is 11.5 Å². The Hall–Kier alpha value is -2.97. The third kappa shape index (κ3) is 4.08. The first-order valence-corrected chi connectivity index (χ1v) is 11.5. The molecule has 2 aliphatic heterocycles. The van der Waals surface area contributed by atoms with Crippen molar-refractivity contribution < 1.29 is 9.53 Å². The number of nitrogens with one attached hydrogen (secondary N) is 1. The fourth-order valence-electron chi connectivity index (χ4n) is 4.53. The molecule has 2 aliphatic rings. The Morgan fingerprint density at radius 1 is 1.09 bits per heavy atom. The summed E-state index contributed by atoms with van der Waals surface area (Å²) in [4.78, 5) is 33.4. The van der Waals surface area contributed by atoms with Gasteiger partial charge in [0, 0.05) is 44.0 Å². The molecular formula is C24H26N4O3S. The number of H-pyrrole nitrogens is 1. The first-order valence-electron chi connectivity index (χ1n) is 11.1. The lowest BCUT2D eigenvalue weighted by atomic mass is 10.1. The van der Waals surface area contributed by atoms with E-state index in [2.05, 4.69) is 22.0 Å². The number of carbonyl (C=O) groups excluding carboxylic acids is 1. The monoisotopic (exact) mass is 450 g/mol.